The Kier molecular flexibility index (Phi) is 2.74. The van der Waals surface area contributed by atoms with Gasteiger partial charge in [0.05, 0.1) is 0 Å². The van der Waals surface area contributed by atoms with E-state index in [-0.39, 0.29) is 5.91 Å². The van der Waals surface area contributed by atoms with Crippen LogP contribution in [0.25, 0.3) is 5.57 Å². The molecule has 0 bridgehead atoms. The number of fused-ring (bicyclic) bond motifs is 1. The molecule has 0 aromatic heterocycles. The van der Waals surface area contributed by atoms with Crippen LogP contribution in [0.3, 0.4) is 0 Å². The summed E-state index contributed by atoms with van der Waals surface area (Å²) in [6.45, 7) is 0.924. The van der Waals surface area contributed by atoms with E-state index in [9.17, 15) is 9.59 Å². The molecule has 1 fully saturated rings. The zero-order valence-electron chi connectivity index (χ0n) is 10.3. The number of benzene rings is 1. The molecule has 2 amide bonds. The second-order valence-corrected chi connectivity index (χ2v) is 4.75. The topological polar surface area (TPSA) is 69.6 Å². The van der Waals surface area contributed by atoms with Gasteiger partial charge in [-0.15, -0.1) is 0 Å². The number of nitrogens with zero attached hydrogens (tertiary/aromatic N) is 1. The SMILES string of the molecule is O=C1Nc2ccccc2C1=C1CCN(C(=O)O)CC1. The van der Waals surface area contributed by atoms with Gasteiger partial charge in [0, 0.05) is 29.9 Å². The van der Waals surface area contributed by atoms with Crippen molar-refractivity contribution in [3.05, 3.63) is 35.4 Å². The van der Waals surface area contributed by atoms with Crippen LogP contribution < -0.4 is 5.32 Å². The van der Waals surface area contributed by atoms with E-state index in [0.29, 0.717) is 25.9 Å². The molecule has 1 saturated heterocycles. The van der Waals surface area contributed by atoms with Crippen molar-refractivity contribution in [1.82, 2.24) is 4.90 Å². The lowest BCUT2D eigenvalue weighted by Gasteiger charge is -2.26. The van der Waals surface area contributed by atoms with Crippen molar-refractivity contribution in [2.45, 2.75) is 12.8 Å². The van der Waals surface area contributed by atoms with E-state index in [0.717, 1.165) is 22.4 Å². The van der Waals surface area contributed by atoms with Crippen molar-refractivity contribution in [2.24, 2.45) is 0 Å². The second kappa shape index (κ2) is 4.42. The quantitative estimate of drug-likeness (QED) is 0.701. The summed E-state index contributed by atoms with van der Waals surface area (Å²) in [5, 5.41) is 11.8. The zero-order valence-corrected chi connectivity index (χ0v) is 10.3. The van der Waals surface area contributed by atoms with E-state index in [1.165, 1.54) is 4.90 Å². The van der Waals surface area contributed by atoms with Gasteiger partial charge in [0.2, 0.25) is 0 Å². The predicted octanol–water partition coefficient (Wildman–Crippen LogP) is 2.17. The zero-order chi connectivity index (χ0) is 13.4. The van der Waals surface area contributed by atoms with Gasteiger partial charge in [-0.05, 0) is 18.9 Å². The Bertz CT molecular complexity index is 582. The second-order valence-electron chi connectivity index (χ2n) is 4.75. The van der Waals surface area contributed by atoms with Crippen LogP contribution in [0.4, 0.5) is 10.5 Å². The Morgan fingerprint density at radius 1 is 1.21 bits per heavy atom. The summed E-state index contributed by atoms with van der Waals surface area (Å²) < 4.78 is 0. The van der Waals surface area contributed by atoms with E-state index in [1.54, 1.807) is 0 Å². The third kappa shape index (κ3) is 1.97. The summed E-state index contributed by atoms with van der Waals surface area (Å²) in [7, 11) is 0. The first-order valence-corrected chi connectivity index (χ1v) is 6.27. The van der Waals surface area contributed by atoms with E-state index in [4.69, 9.17) is 5.11 Å². The number of rotatable bonds is 0. The number of anilines is 1. The van der Waals surface area contributed by atoms with E-state index < -0.39 is 6.09 Å². The number of para-hydroxylation sites is 1. The summed E-state index contributed by atoms with van der Waals surface area (Å²) in [6.07, 6.45) is 0.368. The number of amides is 2. The number of carbonyl (C=O) groups is 2. The van der Waals surface area contributed by atoms with Gasteiger partial charge in [-0.3, -0.25) is 4.79 Å². The Morgan fingerprint density at radius 3 is 2.58 bits per heavy atom. The van der Waals surface area contributed by atoms with Gasteiger partial charge in [0.25, 0.3) is 5.91 Å². The molecule has 0 saturated carbocycles. The Hall–Kier alpha value is -2.30. The number of nitrogens with one attached hydrogen (secondary N) is 1. The normalized spacial score (nSPS) is 18.3. The van der Waals surface area contributed by atoms with Gasteiger partial charge in [0.15, 0.2) is 0 Å². The summed E-state index contributed by atoms with van der Waals surface area (Å²) in [5.74, 6) is -0.0695. The highest BCUT2D eigenvalue weighted by Gasteiger charge is 2.29. The maximum absolute atomic E-state index is 12.0. The number of carbonyl (C=O) groups excluding carboxylic acids is 1. The number of carboxylic acid groups (broad SMARTS) is 1. The van der Waals surface area contributed by atoms with Crippen LogP contribution >= 0.6 is 0 Å². The fourth-order valence-electron chi connectivity index (χ4n) is 2.69. The molecule has 2 aliphatic heterocycles. The molecule has 98 valence electrons. The molecule has 1 aromatic carbocycles. The fourth-order valence-corrected chi connectivity index (χ4v) is 2.69. The number of likely N-dealkylation sites (tertiary alicyclic amines) is 1. The van der Waals surface area contributed by atoms with E-state index in [1.807, 2.05) is 24.3 Å². The summed E-state index contributed by atoms with van der Waals surface area (Å²) in [5.41, 5.74) is 3.57. The molecule has 19 heavy (non-hydrogen) atoms. The maximum Gasteiger partial charge on any atom is 0.407 e. The molecular weight excluding hydrogens is 244 g/mol. The molecule has 3 rings (SSSR count). The largest absolute Gasteiger partial charge is 0.465 e. The highest BCUT2D eigenvalue weighted by molar-refractivity contribution is 6.32. The maximum atomic E-state index is 12.0. The monoisotopic (exact) mass is 258 g/mol. The first-order valence-electron chi connectivity index (χ1n) is 6.27. The number of piperidine rings is 1. The lowest BCUT2D eigenvalue weighted by molar-refractivity contribution is -0.110. The van der Waals surface area contributed by atoms with Crippen molar-refractivity contribution >= 4 is 23.3 Å². The van der Waals surface area contributed by atoms with Gasteiger partial charge in [-0.2, -0.15) is 0 Å². The Balaban J connectivity index is 1.92. The standard InChI is InChI=1S/C14H14N2O3/c17-13-12(10-3-1-2-4-11(10)15-13)9-5-7-16(8-6-9)14(18)19/h1-4H,5-8H2,(H,15,17)(H,18,19). The Labute approximate surface area is 110 Å². The van der Waals surface area contributed by atoms with Gasteiger partial charge >= 0.3 is 6.09 Å². The number of hydrogen-bond acceptors (Lipinski definition) is 2. The molecular formula is C14H14N2O3. The fraction of sp³-hybridized carbons (Fsp3) is 0.286. The van der Waals surface area contributed by atoms with Gasteiger partial charge < -0.3 is 15.3 Å². The molecule has 2 heterocycles. The average Bonchev–Trinajstić information content (AvgIpc) is 2.74. The van der Waals surface area contributed by atoms with Crippen LogP contribution in [0.15, 0.2) is 29.8 Å². The summed E-state index contributed by atoms with van der Waals surface area (Å²) in [6, 6.07) is 7.61. The van der Waals surface area contributed by atoms with Crippen LogP contribution in [-0.2, 0) is 4.79 Å². The minimum Gasteiger partial charge on any atom is -0.465 e. The number of hydrogen-bond donors (Lipinski definition) is 2. The van der Waals surface area contributed by atoms with Crippen LogP contribution in [0, 0.1) is 0 Å². The highest BCUT2D eigenvalue weighted by atomic mass is 16.4. The smallest absolute Gasteiger partial charge is 0.407 e. The lowest BCUT2D eigenvalue weighted by atomic mass is 9.94. The summed E-state index contributed by atoms with van der Waals surface area (Å²) >= 11 is 0. The third-order valence-electron chi connectivity index (χ3n) is 3.66. The van der Waals surface area contributed by atoms with Crippen molar-refractivity contribution in [3.8, 4) is 0 Å². The van der Waals surface area contributed by atoms with Gasteiger partial charge in [-0.25, -0.2) is 4.79 Å². The Morgan fingerprint density at radius 2 is 1.89 bits per heavy atom. The van der Waals surface area contributed by atoms with Gasteiger partial charge in [-0.1, -0.05) is 23.8 Å². The molecule has 0 unspecified atom stereocenters. The van der Waals surface area contributed by atoms with Crippen molar-refractivity contribution < 1.29 is 14.7 Å². The average molecular weight is 258 g/mol. The van der Waals surface area contributed by atoms with Crippen molar-refractivity contribution in [1.29, 1.82) is 0 Å². The molecule has 0 spiro atoms. The molecule has 2 aliphatic rings. The van der Waals surface area contributed by atoms with Crippen LogP contribution in [0.1, 0.15) is 18.4 Å². The molecule has 5 heteroatoms. The van der Waals surface area contributed by atoms with Crippen molar-refractivity contribution in [3.63, 3.8) is 0 Å². The molecule has 5 nitrogen and oxygen atoms in total. The predicted molar refractivity (Wildman–Crippen MR) is 70.8 cm³/mol. The first kappa shape index (κ1) is 11.8. The van der Waals surface area contributed by atoms with Crippen LogP contribution in [-0.4, -0.2) is 35.1 Å². The minimum atomic E-state index is -0.889. The molecule has 0 aliphatic carbocycles. The lowest BCUT2D eigenvalue weighted by Crippen LogP contribution is -2.35. The molecule has 1 aromatic rings. The molecule has 0 radical (unpaired) electrons. The van der Waals surface area contributed by atoms with E-state index >= 15 is 0 Å². The summed E-state index contributed by atoms with van der Waals surface area (Å²) in [4.78, 5) is 24.3. The third-order valence-corrected chi connectivity index (χ3v) is 3.66. The van der Waals surface area contributed by atoms with Crippen molar-refractivity contribution in [2.75, 3.05) is 18.4 Å². The van der Waals surface area contributed by atoms with Gasteiger partial charge in [0.1, 0.15) is 0 Å². The minimum absolute atomic E-state index is 0.0695. The van der Waals surface area contributed by atoms with E-state index in [2.05, 4.69) is 5.32 Å². The molecule has 0 atom stereocenters. The first-order chi connectivity index (χ1) is 9.16. The molecule has 2 N–H and O–H groups in total. The van der Waals surface area contributed by atoms with Crippen LogP contribution in [0.2, 0.25) is 0 Å². The van der Waals surface area contributed by atoms with Crippen LogP contribution in [0.5, 0.6) is 0 Å². The highest BCUT2D eigenvalue weighted by Crippen LogP contribution is 2.36.